The fourth-order valence-electron chi connectivity index (χ4n) is 4.85. The highest BCUT2D eigenvalue weighted by atomic mass is 35.5. The van der Waals surface area contributed by atoms with Crippen LogP contribution in [0.2, 0.25) is 0 Å². The largest absolute Gasteiger partial charge is 0.481 e. The minimum absolute atomic E-state index is 0. The van der Waals surface area contributed by atoms with Crippen molar-refractivity contribution in [1.82, 2.24) is 24.9 Å². The molecule has 0 unspecified atom stereocenters. The lowest BCUT2D eigenvalue weighted by molar-refractivity contribution is 0.261. The zero-order chi connectivity index (χ0) is 34.3. The number of nitrogens with one attached hydrogen (secondary N) is 4. The Morgan fingerprint density at radius 1 is 0.720 bits per heavy atom. The third-order valence-corrected chi connectivity index (χ3v) is 7.20. The van der Waals surface area contributed by atoms with Gasteiger partial charge in [0.1, 0.15) is 11.0 Å². The topological polar surface area (TPSA) is 172 Å². The van der Waals surface area contributed by atoms with E-state index in [0.29, 0.717) is 51.1 Å². The summed E-state index contributed by atoms with van der Waals surface area (Å²) < 4.78 is 10.6. The molecule has 0 fully saturated rings. The molecule has 0 atom stereocenters. The van der Waals surface area contributed by atoms with Gasteiger partial charge >= 0.3 is 12.1 Å². The lowest BCUT2D eigenvalue weighted by atomic mass is 10.2. The first kappa shape index (κ1) is 34.8. The smallest absolute Gasteiger partial charge is 0.323 e. The van der Waals surface area contributed by atoms with Gasteiger partial charge in [0, 0.05) is 80.4 Å². The van der Waals surface area contributed by atoms with Crippen LogP contribution in [0, 0.1) is 6.92 Å². The lowest BCUT2D eigenvalue weighted by Gasteiger charge is -2.13. The van der Waals surface area contributed by atoms with Gasteiger partial charge in [-0.2, -0.15) is 0 Å². The second kappa shape index (κ2) is 15.6. The van der Waals surface area contributed by atoms with Crippen LogP contribution in [0.15, 0.2) is 102 Å². The van der Waals surface area contributed by atoms with Crippen molar-refractivity contribution >= 4 is 85.9 Å². The summed E-state index contributed by atoms with van der Waals surface area (Å²) in [6.07, 6.45) is 6.59. The molecule has 7 aromatic rings. The summed E-state index contributed by atoms with van der Waals surface area (Å²) in [5, 5.41) is 12.0. The van der Waals surface area contributed by atoms with E-state index in [2.05, 4.69) is 46.2 Å². The monoisotopic (exact) mass is 692 g/mol. The van der Waals surface area contributed by atoms with Gasteiger partial charge in [-0.25, -0.2) is 19.6 Å². The number of aryl methyl sites for hydroxylation is 1. The molecule has 0 aliphatic carbocycles. The second-order valence-corrected chi connectivity index (χ2v) is 10.8. The molecule has 5 heterocycles. The van der Waals surface area contributed by atoms with Gasteiger partial charge in [-0.1, -0.05) is 0 Å². The van der Waals surface area contributed by atoms with Gasteiger partial charge in [-0.3, -0.25) is 15.0 Å². The number of hydrogen-bond donors (Lipinski definition) is 4. The molecule has 4 N–H and O–H groups in total. The van der Waals surface area contributed by atoms with Gasteiger partial charge in [0.25, 0.3) is 0 Å². The molecule has 50 heavy (non-hydrogen) atoms. The molecule has 0 radical (unpaired) electrons. The highest BCUT2D eigenvalue weighted by Gasteiger charge is 2.11. The molecule has 4 amide bonds. The predicted octanol–water partition coefficient (Wildman–Crippen LogP) is 7.49. The summed E-state index contributed by atoms with van der Waals surface area (Å²) >= 11 is 0. The molecule has 7 rings (SSSR count). The maximum atomic E-state index is 12.3. The van der Waals surface area contributed by atoms with Crippen LogP contribution in [-0.2, 0) is 0 Å². The second-order valence-electron chi connectivity index (χ2n) is 10.8. The summed E-state index contributed by atoms with van der Waals surface area (Å²) in [6, 6.07) is 20.9. The van der Waals surface area contributed by atoms with Gasteiger partial charge in [-0.15, -0.1) is 12.4 Å². The first-order chi connectivity index (χ1) is 23.7. The number of ether oxygens (including phenoxy) is 1. The number of amides is 4. The third kappa shape index (κ3) is 8.29. The van der Waals surface area contributed by atoms with Crippen LogP contribution in [0.3, 0.4) is 0 Å². The fraction of sp³-hybridized carbons (Fsp3) is 0.114. The molecular weight excluding hydrogens is 660 g/mol. The molecule has 254 valence electrons. The number of aromatic nitrogens is 5. The van der Waals surface area contributed by atoms with Crippen LogP contribution in [0.4, 0.5) is 38.0 Å². The van der Waals surface area contributed by atoms with Crippen LogP contribution in [0.1, 0.15) is 5.89 Å². The van der Waals surface area contributed by atoms with Crippen LogP contribution in [0.5, 0.6) is 5.88 Å². The summed E-state index contributed by atoms with van der Waals surface area (Å²) in [4.78, 5) is 47.7. The van der Waals surface area contributed by atoms with Crippen molar-refractivity contribution in [3.05, 3.63) is 103 Å². The van der Waals surface area contributed by atoms with Gasteiger partial charge in [-0.05, 0) is 60.7 Å². The molecule has 5 aromatic heterocycles. The first-order valence-corrected chi connectivity index (χ1v) is 15.0. The Morgan fingerprint density at radius 2 is 1.38 bits per heavy atom. The van der Waals surface area contributed by atoms with E-state index >= 15 is 0 Å². The van der Waals surface area contributed by atoms with E-state index in [1.165, 1.54) is 0 Å². The number of halogens is 1. The number of carbonyl (C=O) groups excluding carboxylic acids is 2. The minimum Gasteiger partial charge on any atom is -0.481 e. The number of fused-ring (bicyclic) bond motifs is 3. The average Bonchev–Trinajstić information content (AvgIpc) is 3.48. The number of anilines is 5. The van der Waals surface area contributed by atoms with Crippen molar-refractivity contribution in [2.24, 2.45) is 0 Å². The average molecular weight is 693 g/mol. The fourth-order valence-corrected chi connectivity index (χ4v) is 4.85. The summed E-state index contributed by atoms with van der Waals surface area (Å²) in [5.74, 6) is 1.05. The lowest BCUT2D eigenvalue weighted by Crippen LogP contribution is -2.20. The SMILES string of the molecule is COc1ccc2nccc(NC(=O)Nc3ccc(N(C)C)cc3)c2n1.Cc1nc2ccc(NC(=O)Nc3ccnc4ccncc34)cc2o1.Cl. The predicted molar refractivity (Wildman–Crippen MR) is 198 cm³/mol. The number of benzene rings is 2. The normalized spacial score (nSPS) is 10.4. The maximum absolute atomic E-state index is 12.3. The van der Waals surface area contributed by atoms with Gasteiger partial charge in [0.2, 0.25) is 5.88 Å². The molecule has 0 saturated carbocycles. The Bertz CT molecular complexity index is 2270. The Hall–Kier alpha value is -6.54. The van der Waals surface area contributed by atoms with E-state index < -0.39 is 0 Å². The van der Waals surface area contributed by atoms with E-state index in [1.54, 1.807) is 87.4 Å². The number of carbonyl (C=O) groups is 2. The Morgan fingerprint density at radius 3 is 2.12 bits per heavy atom. The van der Waals surface area contributed by atoms with Crippen LogP contribution >= 0.6 is 12.4 Å². The van der Waals surface area contributed by atoms with Crippen molar-refractivity contribution < 1.29 is 18.7 Å². The van der Waals surface area contributed by atoms with Gasteiger partial charge in [0.15, 0.2) is 11.5 Å². The molecule has 2 aromatic carbocycles. The van der Waals surface area contributed by atoms with Crippen molar-refractivity contribution in [2.75, 3.05) is 47.4 Å². The number of nitrogens with zero attached hydrogens (tertiary/aromatic N) is 6. The van der Waals surface area contributed by atoms with Crippen molar-refractivity contribution in [3.63, 3.8) is 0 Å². The van der Waals surface area contributed by atoms with E-state index in [-0.39, 0.29) is 24.5 Å². The number of rotatable bonds is 6. The Labute approximate surface area is 292 Å². The zero-order valence-electron chi connectivity index (χ0n) is 27.5. The number of methoxy groups -OCH3 is 1. The zero-order valence-corrected chi connectivity index (χ0v) is 28.3. The molecule has 0 aliphatic heterocycles. The van der Waals surface area contributed by atoms with E-state index in [9.17, 15) is 9.59 Å². The number of hydrogen-bond acceptors (Lipinski definition) is 10. The quantitative estimate of drug-likeness (QED) is 0.137. The summed E-state index contributed by atoms with van der Waals surface area (Å²) in [7, 11) is 5.47. The Kier molecular flexibility index (Phi) is 10.8. The Balaban J connectivity index is 0.000000191. The van der Waals surface area contributed by atoms with Crippen molar-refractivity contribution in [1.29, 1.82) is 0 Å². The van der Waals surface area contributed by atoms with E-state index in [4.69, 9.17) is 9.15 Å². The standard InChI is InChI=1S/C18H19N5O2.C17H13N5O2.ClH/c1-23(2)13-6-4-12(5-7-13)20-18(24)21-15-10-11-19-14-8-9-16(25-3)22-17(14)15;1-10-20-15-3-2-11(8-16(15)24-10)21-17(23)22-14-5-7-19-13-4-6-18-9-12(13)14;/h4-11H,1-3H3,(H2,19,20,21,24);2-9H,1H3,(H2,19,21,22,23);1H. The van der Waals surface area contributed by atoms with E-state index in [0.717, 1.165) is 22.1 Å². The van der Waals surface area contributed by atoms with E-state index in [1.807, 2.05) is 43.3 Å². The van der Waals surface area contributed by atoms with Gasteiger partial charge < -0.3 is 35.3 Å². The molecule has 0 aliphatic rings. The molecular formula is C35H33ClN10O4. The highest BCUT2D eigenvalue weighted by Crippen LogP contribution is 2.24. The molecule has 0 saturated heterocycles. The third-order valence-electron chi connectivity index (χ3n) is 7.20. The van der Waals surface area contributed by atoms with Crippen LogP contribution in [0.25, 0.3) is 33.0 Å². The molecule has 0 spiro atoms. The summed E-state index contributed by atoms with van der Waals surface area (Å²) in [5.41, 5.74) is 6.97. The van der Waals surface area contributed by atoms with Crippen LogP contribution < -0.4 is 30.9 Å². The molecule has 0 bridgehead atoms. The maximum Gasteiger partial charge on any atom is 0.323 e. The number of urea groups is 2. The highest BCUT2D eigenvalue weighted by molar-refractivity contribution is 6.06. The van der Waals surface area contributed by atoms with Crippen molar-refractivity contribution in [2.45, 2.75) is 6.92 Å². The van der Waals surface area contributed by atoms with Crippen molar-refractivity contribution in [3.8, 4) is 5.88 Å². The summed E-state index contributed by atoms with van der Waals surface area (Å²) in [6.45, 7) is 1.78. The number of pyridine rings is 4. The number of oxazole rings is 1. The minimum atomic E-state index is -0.359. The van der Waals surface area contributed by atoms with Crippen LogP contribution in [-0.4, -0.2) is 58.2 Å². The first-order valence-electron chi connectivity index (χ1n) is 15.0. The molecule has 15 heteroatoms. The molecule has 14 nitrogen and oxygen atoms in total. The van der Waals surface area contributed by atoms with Gasteiger partial charge in [0.05, 0.1) is 29.5 Å².